The minimum atomic E-state index is 0. The van der Waals surface area contributed by atoms with Crippen LogP contribution in [0.5, 0.6) is 5.75 Å². The third kappa shape index (κ3) is 9.84. The minimum Gasteiger partial charge on any atom is -0.489 e. The zero-order chi connectivity index (χ0) is 18.6. The average molecular weight is 475 g/mol. The normalized spacial score (nSPS) is 10.5. The highest BCUT2D eigenvalue weighted by Gasteiger charge is 2.05. The van der Waals surface area contributed by atoms with Crippen LogP contribution in [0.15, 0.2) is 46.9 Å². The van der Waals surface area contributed by atoms with Gasteiger partial charge in [-0.15, -0.1) is 12.4 Å². The molecule has 27 heavy (non-hydrogen) atoms. The van der Waals surface area contributed by atoms with Crippen LogP contribution in [0, 0.1) is 0 Å². The molecule has 0 bridgehead atoms. The molecule has 2 aromatic carbocycles. The molecule has 2 rings (SSSR count). The van der Waals surface area contributed by atoms with E-state index in [1.807, 2.05) is 36.4 Å². The van der Waals surface area contributed by atoms with Crippen molar-refractivity contribution in [1.29, 1.82) is 0 Å². The molecule has 1 N–H and O–H groups in total. The Morgan fingerprint density at radius 3 is 2.41 bits per heavy atom. The van der Waals surface area contributed by atoms with Crippen LogP contribution in [0.2, 0.25) is 5.02 Å². The molecule has 0 saturated heterocycles. The van der Waals surface area contributed by atoms with E-state index in [0.717, 1.165) is 33.9 Å². The Morgan fingerprint density at radius 2 is 1.67 bits per heavy atom. The molecular weight excluding hydrogens is 445 g/mol. The van der Waals surface area contributed by atoms with E-state index in [2.05, 4.69) is 34.2 Å². The van der Waals surface area contributed by atoms with Gasteiger partial charge in [0.1, 0.15) is 12.4 Å². The maximum absolute atomic E-state index is 6.04. The first-order valence-corrected chi connectivity index (χ1v) is 10.7. The van der Waals surface area contributed by atoms with Gasteiger partial charge in [-0.2, -0.15) is 0 Å². The lowest BCUT2D eigenvalue weighted by molar-refractivity contribution is 0.302. The fourth-order valence-corrected chi connectivity index (χ4v) is 3.36. The van der Waals surface area contributed by atoms with Gasteiger partial charge in [0.05, 0.1) is 0 Å². The van der Waals surface area contributed by atoms with E-state index < -0.39 is 0 Å². The molecule has 0 fully saturated rings. The first kappa shape index (κ1) is 24.3. The van der Waals surface area contributed by atoms with Gasteiger partial charge in [0.2, 0.25) is 0 Å². The van der Waals surface area contributed by atoms with Gasteiger partial charge in [-0.1, -0.05) is 78.7 Å². The van der Waals surface area contributed by atoms with Crippen LogP contribution in [0.25, 0.3) is 0 Å². The second kappa shape index (κ2) is 14.3. The minimum absolute atomic E-state index is 0. The summed E-state index contributed by atoms with van der Waals surface area (Å²) in [4.78, 5) is 0. The van der Waals surface area contributed by atoms with Gasteiger partial charge in [0.15, 0.2) is 0 Å². The molecule has 0 unspecified atom stereocenters. The Labute approximate surface area is 183 Å². The summed E-state index contributed by atoms with van der Waals surface area (Å²) in [6.45, 7) is 4.68. The fraction of sp³-hybridized carbons (Fsp3) is 0.455. The Bertz CT molecular complexity index is 649. The van der Waals surface area contributed by atoms with Crippen molar-refractivity contribution >= 4 is 39.9 Å². The molecule has 0 aliphatic rings. The van der Waals surface area contributed by atoms with Gasteiger partial charge in [-0.3, -0.25) is 0 Å². The molecule has 0 spiro atoms. The van der Waals surface area contributed by atoms with Crippen molar-refractivity contribution in [2.75, 3.05) is 6.54 Å². The molecule has 0 aromatic heterocycles. The molecule has 150 valence electrons. The second-order valence-electron chi connectivity index (χ2n) is 6.61. The Balaban J connectivity index is 0.00000364. The summed E-state index contributed by atoms with van der Waals surface area (Å²) < 4.78 is 7.11. The van der Waals surface area contributed by atoms with Gasteiger partial charge in [-0.25, -0.2) is 0 Å². The monoisotopic (exact) mass is 473 g/mol. The number of ether oxygens (including phenoxy) is 1. The summed E-state index contributed by atoms with van der Waals surface area (Å²) in [5.41, 5.74) is 2.29. The van der Waals surface area contributed by atoms with Crippen molar-refractivity contribution in [1.82, 2.24) is 5.32 Å². The maximum atomic E-state index is 6.04. The lowest BCUT2D eigenvalue weighted by Crippen LogP contribution is -2.15. The fourth-order valence-electron chi connectivity index (χ4n) is 2.82. The SMILES string of the molecule is CCCCCCCCNCc1cc(Br)ccc1OCc1ccc(Cl)cc1.Cl. The molecule has 2 aromatic rings. The highest BCUT2D eigenvalue weighted by molar-refractivity contribution is 9.10. The first-order valence-electron chi connectivity index (χ1n) is 9.55. The highest BCUT2D eigenvalue weighted by Crippen LogP contribution is 2.24. The molecule has 0 atom stereocenters. The third-order valence-corrected chi connectivity index (χ3v) is 5.10. The largest absolute Gasteiger partial charge is 0.489 e. The van der Waals surface area contributed by atoms with Crippen molar-refractivity contribution in [3.63, 3.8) is 0 Å². The standard InChI is InChI=1S/C22H29BrClNO.ClH/c1-2-3-4-5-6-7-14-25-16-19-15-20(23)10-13-22(19)26-17-18-8-11-21(24)12-9-18;/h8-13,15,25H,2-7,14,16-17H2,1H3;1H. The highest BCUT2D eigenvalue weighted by atomic mass is 79.9. The Hall–Kier alpha value is -0.740. The van der Waals surface area contributed by atoms with Crippen LogP contribution < -0.4 is 10.1 Å². The van der Waals surface area contributed by atoms with Crippen LogP contribution in [0.3, 0.4) is 0 Å². The maximum Gasteiger partial charge on any atom is 0.124 e. The van der Waals surface area contributed by atoms with Gasteiger partial charge in [-0.05, 0) is 48.9 Å². The molecule has 0 heterocycles. The Kier molecular flexibility index (Phi) is 12.9. The number of halogens is 3. The van der Waals surface area contributed by atoms with Gasteiger partial charge in [0, 0.05) is 21.6 Å². The molecule has 0 aliphatic carbocycles. The van der Waals surface area contributed by atoms with E-state index in [-0.39, 0.29) is 12.4 Å². The van der Waals surface area contributed by atoms with Crippen molar-refractivity contribution in [2.45, 2.75) is 58.6 Å². The number of nitrogens with one attached hydrogen (secondary N) is 1. The first-order chi connectivity index (χ1) is 12.7. The van der Waals surface area contributed by atoms with Gasteiger partial charge >= 0.3 is 0 Å². The van der Waals surface area contributed by atoms with E-state index >= 15 is 0 Å². The van der Waals surface area contributed by atoms with Gasteiger partial charge < -0.3 is 10.1 Å². The molecule has 0 amide bonds. The molecule has 0 aliphatic heterocycles. The van der Waals surface area contributed by atoms with Crippen LogP contribution in [0.4, 0.5) is 0 Å². The summed E-state index contributed by atoms with van der Waals surface area (Å²) in [5.74, 6) is 0.929. The topological polar surface area (TPSA) is 21.3 Å². The van der Waals surface area contributed by atoms with Crippen LogP contribution in [0.1, 0.15) is 56.6 Å². The van der Waals surface area contributed by atoms with Crippen LogP contribution >= 0.6 is 39.9 Å². The number of benzene rings is 2. The Morgan fingerprint density at radius 1 is 0.963 bits per heavy atom. The van der Waals surface area contributed by atoms with Crippen molar-refractivity contribution in [3.8, 4) is 5.75 Å². The van der Waals surface area contributed by atoms with Crippen LogP contribution in [-0.2, 0) is 13.2 Å². The number of hydrogen-bond donors (Lipinski definition) is 1. The summed E-state index contributed by atoms with van der Waals surface area (Å²) in [6.07, 6.45) is 7.93. The number of rotatable bonds is 12. The van der Waals surface area contributed by atoms with Gasteiger partial charge in [0.25, 0.3) is 0 Å². The zero-order valence-corrected chi connectivity index (χ0v) is 19.1. The summed E-state index contributed by atoms with van der Waals surface area (Å²) >= 11 is 9.50. The third-order valence-electron chi connectivity index (χ3n) is 4.35. The number of unbranched alkanes of at least 4 members (excludes halogenated alkanes) is 5. The molecule has 2 nitrogen and oxygen atoms in total. The van der Waals surface area contributed by atoms with E-state index in [4.69, 9.17) is 16.3 Å². The molecule has 0 radical (unpaired) electrons. The van der Waals surface area contributed by atoms with Crippen LogP contribution in [-0.4, -0.2) is 6.54 Å². The van der Waals surface area contributed by atoms with Crippen molar-refractivity contribution < 1.29 is 4.74 Å². The predicted octanol–water partition coefficient (Wildman–Crippen LogP) is 7.55. The smallest absolute Gasteiger partial charge is 0.124 e. The predicted molar refractivity (Wildman–Crippen MR) is 122 cm³/mol. The molecule has 5 heteroatoms. The van der Waals surface area contributed by atoms with E-state index in [1.54, 1.807) is 0 Å². The van der Waals surface area contributed by atoms with E-state index in [1.165, 1.54) is 44.1 Å². The van der Waals surface area contributed by atoms with E-state index in [9.17, 15) is 0 Å². The summed E-state index contributed by atoms with van der Waals surface area (Å²) in [5, 5.41) is 4.29. The van der Waals surface area contributed by atoms with Crippen molar-refractivity contribution in [2.24, 2.45) is 0 Å². The second-order valence-corrected chi connectivity index (χ2v) is 7.96. The van der Waals surface area contributed by atoms with E-state index in [0.29, 0.717) is 6.61 Å². The molecule has 0 saturated carbocycles. The average Bonchev–Trinajstić information content (AvgIpc) is 2.64. The summed E-state index contributed by atoms with van der Waals surface area (Å²) in [7, 11) is 0. The zero-order valence-electron chi connectivity index (χ0n) is 16.0. The number of hydrogen-bond acceptors (Lipinski definition) is 2. The van der Waals surface area contributed by atoms with Crippen molar-refractivity contribution in [3.05, 3.63) is 63.1 Å². The quantitative estimate of drug-likeness (QED) is 0.320. The molecular formula is C22H30BrCl2NO. The lowest BCUT2D eigenvalue weighted by Gasteiger charge is -2.13. The summed E-state index contributed by atoms with van der Waals surface area (Å²) in [6, 6.07) is 14.0. The lowest BCUT2D eigenvalue weighted by atomic mass is 10.1.